The molecule has 0 saturated carbocycles. The summed E-state index contributed by atoms with van der Waals surface area (Å²) in [5.74, 6) is -0.458. The van der Waals surface area contributed by atoms with Gasteiger partial charge >= 0.3 is 0 Å². The second-order valence-corrected chi connectivity index (χ2v) is 5.65. The summed E-state index contributed by atoms with van der Waals surface area (Å²) in [5, 5.41) is 5.49. The Balaban J connectivity index is 0.00000361. The van der Waals surface area contributed by atoms with Gasteiger partial charge in [0, 0.05) is 13.1 Å². The number of hydrogen-bond donors (Lipinski definition) is 3. The van der Waals surface area contributed by atoms with Gasteiger partial charge < -0.3 is 15.1 Å². The topological polar surface area (TPSA) is 100 Å². The van der Waals surface area contributed by atoms with E-state index < -0.39 is 15.9 Å². The van der Waals surface area contributed by atoms with Crippen molar-refractivity contribution < 1.29 is 17.6 Å². The summed E-state index contributed by atoms with van der Waals surface area (Å²) in [6, 6.07) is 2.58. The first-order chi connectivity index (χ1) is 9.01. The van der Waals surface area contributed by atoms with E-state index in [1.54, 1.807) is 0 Å². The predicted octanol–water partition coefficient (Wildman–Crippen LogP) is 0.339. The van der Waals surface area contributed by atoms with E-state index in [1.807, 2.05) is 0 Å². The summed E-state index contributed by atoms with van der Waals surface area (Å²) in [7, 11) is -2.38. The van der Waals surface area contributed by atoms with Crippen LogP contribution in [0.1, 0.15) is 23.9 Å². The number of amides is 1. The van der Waals surface area contributed by atoms with Crippen molar-refractivity contribution in [3.8, 4) is 0 Å². The molecule has 0 spiro atoms. The Hall–Kier alpha value is -1.09. The van der Waals surface area contributed by atoms with Crippen LogP contribution in [0.4, 0.5) is 0 Å². The van der Waals surface area contributed by atoms with Crippen molar-refractivity contribution in [2.45, 2.75) is 18.4 Å². The van der Waals surface area contributed by atoms with Gasteiger partial charge in [-0.15, -0.1) is 12.4 Å². The van der Waals surface area contributed by atoms with Gasteiger partial charge in [0.05, 0.1) is 0 Å². The average Bonchev–Trinajstić information content (AvgIpc) is 2.88. The molecular weight excluding hydrogens is 306 g/mol. The van der Waals surface area contributed by atoms with Gasteiger partial charge in [0.2, 0.25) is 5.09 Å². The fourth-order valence-electron chi connectivity index (χ4n) is 1.34. The molecule has 9 heteroatoms. The van der Waals surface area contributed by atoms with Crippen LogP contribution in [0.15, 0.2) is 21.6 Å². The van der Waals surface area contributed by atoms with Crippen molar-refractivity contribution >= 4 is 28.3 Å². The summed E-state index contributed by atoms with van der Waals surface area (Å²) in [6.45, 7) is 4.05. The zero-order chi connectivity index (χ0) is 14.3. The Bertz CT molecular complexity index is 515. The largest absolute Gasteiger partial charge is 0.438 e. The smallest absolute Gasteiger partial charge is 0.287 e. The van der Waals surface area contributed by atoms with Gasteiger partial charge in [0.15, 0.2) is 5.76 Å². The first kappa shape index (κ1) is 18.9. The van der Waals surface area contributed by atoms with Gasteiger partial charge in [-0.25, -0.2) is 13.1 Å². The normalized spacial score (nSPS) is 10.9. The van der Waals surface area contributed by atoms with E-state index in [1.165, 1.54) is 19.2 Å². The molecule has 116 valence electrons. The van der Waals surface area contributed by atoms with Gasteiger partial charge in [0.1, 0.15) is 0 Å². The minimum atomic E-state index is -3.65. The molecule has 0 aliphatic rings. The molecule has 1 amide bonds. The summed E-state index contributed by atoms with van der Waals surface area (Å²) in [6.07, 6.45) is 1.03. The third kappa shape index (κ3) is 5.49. The lowest BCUT2D eigenvalue weighted by Crippen LogP contribution is -2.31. The van der Waals surface area contributed by atoms with E-state index in [0.29, 0.717) is 13.1 Å². The van der Waals surface area contributed by atoms with Crippen LogP contribution in [-0.4, -0.2) is 41.0 Å². The molecule has 20 heavy (non-hydrogen) atoms. The molecule has 1 aromatic heterocycles. The monoisotopic (exact) mass is 325 g/mol. The minimum Gasteiger partial charge on any atom is -0.438 e. The summed E-state index contributed by atoms with van der Waals surface area (Å²) in [4.78, 5) is 11.7. The lowest BCUT2D eigenvalue weighted by Gasteiger charge is -2.04. The van der Waals surface area contributed by atoms with Crippen molar-refractivity contribution in [1.29, 1.82) is 0 Å². The Morgan fingerprint density at radius 2 is 1.95 bits per heavy atom. The Kier molecular flexibility index (Phi) is 8.47. The third-order valence-corrected chi connectivity index (χ3v) is 3.64. The van der Waals surface area contributed by atoms with E-state index in [4.69, 9.17) is 4.42 Å². The van der Waals surface area contributed by atoms with Crippen molar-refractivity contribution in [1.82, 2.24) is 15.4 Å². The van der Waals surface area contributed by atoms with Crippen LogP contribution in [0.25, 0.3) is 0 Å². The van der Waals surface area contributed by atoms with Crippen LogP contribution < -0.4 is 15.4 Å². The van der Waals surface area contributed by atoms with Crippen molar-refractivity contribution in [3.63, 3.8) is 0 Å². The lowest BCUT2D eigenvalue weighted by molar-refractivity contribution is 0.0921. The number of rotatable bonds is 8. The number of halogens is 1. The highest BCUT2D eigenvalue weighted by Crippen LogP contribution is 2.13. The summed E-state index contributed by atoms with van der Waals surface area (Å²) in [5.41, 5.74) is 0. The maximum absolute atomic E-state index is 11.7. The van der Waals surface area contributed by atoms with Crippen LogP contribution in [0.2, 0.25) is 0 Å². The molecule has 0 radical (unpaired) electrons. The number of hydrogen-bond acceptors (Lipinski definition) is 5. The van der Waals surface area contributed by atoms with Crippen LogP contribution >= 0.6 is 12.4 Å². The van der Waals surface area contributed by atoms with Gasteiger partial charge in [-0.1, -0.05) is 6.92 Å². The lowest BCUT2D eigenvalue weighted by atomic mass is 10.4. The van der Waals surface area contributed by atoms with Crippen LogP contribution in [0, 0.1) is 0 Å². The molecule has 0 aliphatic heterocycles. The number of carbonyl (C=O) groups excluding carboxylic acids is 1. The molecule has 0 aliphatic carbocycles. The SMILES string of the molecule is CCCNCCNC(=O)c1ccc(S(=O)(=O)NC)o1.Cl. The van der Waals surface area contributed by atoms with Crippen molar-refractivity contribution in [2.75, 3.05) is 26.7 Å². The predicted molar refractivity (Wildman–Crippen MR) is 77.7 cm³/mol. The average molecular weight is 326 g/mol. The van der Waals surface area contributed by atoms with Gasteiger partial charge in [-0.05, 0) is 32.1 Å². The van der Waals surface area contributed by atoms with Gasteiger partial charge in [-0.3, -0.25) is 4.79 Å². The maximum Gasteiger partial charge on any atom is 0.287 e. The molecule has 1 rings (SSSR count). The zero-order valence-corrected chi connectivity index (χ0v) is 13.1. The standard InChI is InChI=1S/C11H19N3O4S.ClH/c1-3-6-13-7-8-14-11(15)9-4-5-10(18-9)19(16,17)12-2;/h4-5,12-13H,3,6-8H2,1-2H3,(H,14,15);1H. The van der Waals surface area contributed by atoms with E-state index >= 15 is 0 Å². The molecule has 1 heterocycles. The zero-order valence-electron chi connectivity index (χ0n) is 11.4. The molecule has 3 N–H and O–H groups in total. The first-order valence-corrected chi connectivity index (χ1v) is 7.52. The highest BCUT2D eigenvalue weighted by Gasteiger charge is 2.19. The van der Waals surface area contributed by atoms with Crippen LogP contribution in [0.5, 0.6) is 0 Å². The Morgan fingerprint density at radius 1 is 1.25 bits per heavy atom. The molecule has 7 nitrogen and oxygen atoms in total. The molecule has 0 aromatic carbocycles. The van der Waals surface area contributed by atoms with E-state index in [0.717, 1.165) is 13.0 Å². The van der Waals surface area contributed by atoms with E-state index in [2.05, 4.69) is 22.3 Å². The number of carbonyl (C=O) groups is 1. The van der Waals surface area contributed by atoms with E-state index in [-0.39, 0.29) is 23.3 Å². The van der Waals surface area contributed by atoms with E-state index in [9.17, 15) is 13.2 Å². The quantitative estimate of drug-likeness (QED) is 0.598. The highest BCUT2D eigenvalue weighted by molar-refractivity contribution is 7.89. The number of sulfonamides is 1. The van der Waals surface area contributed by atoms with Gasteiger partial charge in [0.25, 0.3) is 15.9 Å². The molecule has 1 aromatic rings. The molecule has 0 bridgehead atoms. The third-order valence-electron chi connectivity index (χ3n) is 2.35. The van der Waals surface area contributed by atoms with Crippen LogP contribution in [-0.2, 0) is 10.0 Å². The second-order valence-electron chi connectivity index (χ2n) is 3.83. The van der Waals surface area contributed by atoms with Crippen LogP contribution in [0.3, 0.4) is 0 Å². The summed E-state index contributed by atoms with van der Waals surface area (Å²) >= 11 is 0. The molecule has 0 saturated heterocycles. The number of furan rings is 1. The summed E-state index contributed by atoms with van der Waals surface area (Å²) < 4.78 is 30.0. The van der Waals surface area contributed by atoms with Crippen molar-refractivity contribution in [3.05, 3.63) is 17.9 Å². The molecule has 0 fully saturated rings. The first-order valence-electron chi connectivity index (χ1n) is 6.03. The molecule has 0 unspecified atom stereocenters. The highest BCUT2D eigenvalue weighted by atomic mass is 35.5. The fourth-order valence-corrected chi connectivity index (χ4v) is 1.99. The minimum absolute atomic E-state index is 0. The van der Waals surface area contributed by atoms with Gasteiger partial charge in [-0.2, -0.15) is 0 Å². The molecular formula is C11H20ClN3O4S. The Labute approximate surface area is 125 Å². The Morgan fingerprint density at radius 3 is 2.55 bits per heavy atom. The fraction of sp³-hybridized carbons (Fsp3) is 0.545. The number of nitrogens with one attached hydrogen (secondary N) is 3. The maximum atomic E-state index is 11.7. The second kappa shape index (κ2) is 8.96. The van der Waals surface area contributed by atoms with Crippen molar-refractivity contribution in [2.24, 2.45) is 0 Å². The molecule has 0 atom stereocenters.